The molecule has 0 bridgehead atoms. The van der Waals surface area contributed by atoms with Gasteiger partial charge in [-0.3, -0.25) is 4.98 Å². The molecule has 4 N–H and O–H groups in total. The summed E-state index contributed by atoms with van der Waals surface area (Å²) < 4.78 is 5.64. The molecule has 0 unspecified atom stereocenters. The normalized spacial score (nSPS) is 11.7. The minimum atomic E-state index is -0.0581. The Balaban J connectivity index is 2.51. The predicted octanol–water partition coefficient (Wildman–Crippen LogP) is 1.09. The SMILES string of the molecule is N/C(=N\O)c1cnc2ccccc2c1OCCCO. The minimum Gasteiger partial charge on any atom is -0.492 e. The number of nitrogens with two attached hydrogens (primary N) is 1. The summed E-state index contributed by atoms with van der Waals surface area (Å²) in [7, 11) is 0. The van der Waals surface area contributed by atoms with Crippen molar-refractivity contribution in [3.05, 3.63) is 36.0 Å². The topological polar surface area (TPSA) is 101 Å². The second kappa shape index (κ2) is 6.01. The molecule has 0 saturated carbocycles. The van der Waals surface area contributed by atoms with Crippen LogP contribution in [0.1, 0.15) is 12.0 Å². The molecule has 0 aliphatic carbocycles. The van der Waals surface area contributed by atoms with Crippen molar-refractivity contribution in [2.24, 2.45) is 10.9 Å². The fourth-order valence-corrected chi connectivity index (χ4v) is 1.75. The van der Waals surface area contributed by atoms with Crippen LogP contribution in [0, 0.1) is 0 Å². The van der Waals surface area contributed by atoms with E-state index in [-0.39, 0.29) is 12.4 Å². The number of nitrogens with zero attached hydrogens (tertiary/aromatic N) is 2. The molecule has 1 heterocycles. The van der Waals surface area contributed by atoms with Gasteiger partial charge in [0, 0.05) is 24.6 Å². The maximum Gasteiger partial charge on any atom is 0.175 e. The molecular formula is C13H15N3O3. The van der Waals surface area contributed by atoms with Crippen molar-refractivity contribution < 1.29 is 15.1 Å². The number of hydrogen-bond acceptors (Lipinski definition) is 5. The molecule has 1 aromatic carbocycles. The minimum absolute atomic E-state index is 0.0436. The van der Waals surface area contributed by atoms with Crippen molar-refractivity contribution in [2.75, 3.05) is 13.2 Å². The van der Waals surface area contributed by atoms with E-state index in [0.717, 1.165) is 10.9 Å². The zero-order valence-electron chi connectivity index (χ0n) is 10.3. The lowest BCUT2D eigenvalue weighted by atomic mass is 10.1. The third-order valence-corrected chi connectivity index (χ3v) is 2.66. The van der Waals surface area contributed by atoms with E-state index < -0.39 is 0 Å². The Kier molecular flexibility index (Phi) is 4.15. The van der Waals surface area contributed by atoms with E-state index in [4.69, 9.17) is 20.8 Å². The molecule has 0 fully saturated rings. The maximum absolute atomic E-state index is 8.80. The van der Waals surface area contributed by atoms with E-state index in [1.165, 1.54) is 6.20 Å². The monoisotopic (exact) mass is 261 g/mol. The first-order valence-corrected chi connectivity index (χ1v) is 5.87. The quantitative estimate of drug-likeness (QED) is 0.246. The van der Waals surface area contributed by atoms with E-state index in [1.54, 1.807) is 0 Å². The van der Waals surface area contributed by atoms with Crippen molar-refractivity contribution in [1.82, 2.24) is 4.98 Å². The smallest absolute Gasteiger partial charge is 0.175 e. The van der Waals surface area contributed by atoms with E-state index in [2.05, 4.69) is 10.1 Å². The lowest BCUT2D eigenvalue weighted by Gasteiger charge is -2.12. The van der Waals surface area contributed by atoms with Crippen LogP contribution in [-0.2, 0) is 0 Å². The van der Waals surface area contributed by atoms with Crippen LogP contribution < -0.4 is 10.5 Å². The van der Waals surface area contributed by atoms with Gasteiger partial charge in [-0.1, -0.05) is 17.3 Å². The molecule has 0 radical (unpaired) electrons. The summed E-state index contributed by atoms with van der Waals surface area (Å²) in [5, 5.41) is 21.4. The van der Waals surface area contributed by atoms with Gasteiger partial charge in [-0.25, -0.2) is 0 Å². The summed E-state index contributed by atoms with van der Waals surface area (Å²) in [6, 6.07) is 7.43. The maximum atomic E-state index is 8.80. The Bertz CT molecular complexity index is 599. The van der Waals surface area contributed by atoms with Gasteiger partial charge >= 0.3 is 0 Å². The average Bonchev–Trinajstić information content (AvgIpc) is 2.46. The van der Waals surface area contributed by atoms with Crippen LogP contribution >= 0.6 is 0 Å². The van der Waals surface area contributed by atoms with Gasteiger partial charge in [0.15, 0.2) is 5.84 Å². The standard InChI is InChI=1S/C13H15N3O3/c14-13(16-18)10-8-15-11-5-2-1-4-9(11)12(10)19-7-3-6-17/h1-2,4-5,8,17-18H,3,6-7H2,(H2,14,16). The summed E-state index contributed by atoms with van der Waals surface area (Å²) in [5.74, 6) is 0.451. The van der Waals surface area contributed by atoms with Gasteiger partial charge in [0.25, 0.3) is 0 Å². The summed E-state index contributed by atoms with van der Waals surface area (Å²) in [4.78, 5) is 4.24. The van der Waals surface area contributed by atoms with Crippen molar-refractivity contribution in [1.29, 1.82) is 0 Å². The molecule has 100 valence electrons. The van der Waals surface area contributed by atoms with Crippen molar-refractivity contribution >= 4 is 16.7 Å². The first kappa shape index (κ1) is 13.1. The fourth-order valence-electron chi connectivity index (χ4n) is 1.75. The highest BCUT2D eigenvalue weighted by Gasteiger charge is 2.13. The number of oxime groups is 1. The molecule has 0 saturated heterocycles. The number of aliphatic hydroxyl groups excluding tert-OH is 1. The number of rotatable bonds is 5. The molecule has 19 heavy (non-hydrogen) atoms. The van der Waals surface area contributed by atoms with Gasteiger partial charge in [0.1, 0.15) is 5.75 Å². The highest BCUT2D eigenvalue weighted by Crippen LogP contribution is 2.28. The lowest BCUT2D eigenvalue weighted by molar-refractivity contribution is 0.234. The Hall–Kier alpha value is -2.34. The third-order valence-electron chi connectivity index (χ3n) is 2.66. The molecule has 0 amide bonds. The number of amidine groups is 1. The summed E-state index contributed by atoms with van der Waals surface area (Å²) in [6.07, 6.45) is 2.01. The number of hydrogen-bond donors (Lipinski definition) is 3. The first-order chi connectivity index (χ1) is 9.27. The number of pyridine rings is 1. The molecule has 2 rings (SSSR count). The average molecular weight is 261 g/mol. The summed E-state index contributed by atoms with van der Waals surface area (Å²) >= 11 is 0. The highest BCUT2D eigenvalue weighted by molar-refractivity contribution is 6.04. The zero-order chi connectivity index (χ0) is 13.7. The number of aliphatic hydroxyl groups is 1. The Labute approximate surface area is 110 Å². The van der Waals surface area contributed by atoms with E-state index >= 15 is 0 Å². The van der Waals surface area contributed by atoms with Crippen LogP contribution in [-0.4, -0.2) is 34.3 Å². The van der Waals surface area contributed by atoms with Gasteiger partial charge in [0.2, 0.25) is 0 Å². The molecule has 0 atom stereocenters. The molecule has 6 heteroatoms. The van der Waals surface area contributed by atoms with E-state index in [9.17, 15) is 0 Å². The fraction of sp³-hybridized carbons (Fsp3) is 0.231. The third kappa shape index (κ3) is 2.74. The summed E-state index contributed by atoms with van der Waals surface area (Å²) in [6.45, 7) is 0.387. The van der Waals surface area contributed by atoms with Gasteiger partial charge in [0.05, 0.1) is 17.7 Å². The van der Waals surface area contributed by atoms with Gasteiger partial charge in [-0.2, -0.15) is 0 Å². The number of benzene rings is 1. The Morgan fingerprint density at radius 2 is 2.16 bits per heavy atom. The van der Waals surface area contributed by atoms with Crippen molar-refractivity contribution in [2.45, 2.75) is 6.42 Å². The lowest BCUT2D eigenvalue weighted by Crippen LogP contribution is -2.16. The molecular weight excluding hydrogens is 246 g/mol. The van der Waals surface area contributed by atoms with Crippen LogP contribution in [0.15, 0.2) is 35.6 Å². The van der Waals surface area contributed by atoms with E-state index in [0.29, 0.717) is 24.3 Å². The van der Waals surface area contributed by atoms with Crippen LogP contribution in [0.2, 0.25) is 0 Å². The van der Waals surface area contributed by atoms with Crippen LogP contribution in [0.25, 0.3) is 10.9 Å². The van der Waals surface area contributed by atoms with Crippen LogP contribution in [0.4, 0.5) is 0 Å². The van der Waals surface area contributed by atoms with Gasteiger partial charge < -0.3 is 20.8 Å². The zero-order valence-corrected chi connectivity index (χ0v) is 10.3. The number of para-hydroxylation sites is 1. The van der Waals surface area contributed by atoms with Crippen LogP contribution in [0.3, 0.4) is 0 Å². The molecule has 0 spiro atoms. The van der Waals surface area contributed by atoms with Crippen LogP contribution in [0.5, 0.6) is 5.75 Å². The van der Waals surface area contributed by atoms with Crippen molar-refractivity contribution in [3.8, 4) is 5.75 Å². The van der Waals surface area contributed by atoms with Crippen molar-refractivity contribution in [3.63, 3.8) is 0 Å². The number of ether oxygens (including phenoxy) is 1. The molecule has 2 aromatic rings. The second-order valence-corrected chi connectivity index (χ2v) is 3.93. The van der Waals surface area contributed by atoms with E-state index in [1.807, 2.05) is 24.3 Å². The first-order valence-electron chi connectivity index (χ1n) is 5.87. The number of aromatic nitrogens is 1. The van der Waals surface area contributed by atoms with Gasteiger partial charge in [-0.15, -0.1) is 0 Å². The Morgan fingerprint density at radius 3 is 2.89 bits per heavy atom. The molecule has 0 aliphatic heterocycles. The molecule has 0 aliphatic rings. The number of fused-ring (bicyclic) bond motifs is 1. The predicted molar refractivity (Wildman–Crippen MR) is 71.5 cm³/mol. The summed E-state index contributed by atoms with van der Waals surface area (Å²) in [5.41, 5.74) is 6.81. The molecule has 6 nitrogen and oxygen atoms in total. The highest BCUT2D eigenvalue weighted by atomic mass is 16.5. The molecule has 1 aromatic heterocycles. The Morgan fingerprint density at radius 1 is 1.37 bits per heavy atom. The largest absolute Gasteiger partial charge is 0.492 e. The second-order valence-electron chi connectivity index (χ2n) is 3.93. The van der Waals surface area contributed by atoms with Gasteiger partial charge in [-0.05, 0) is 12.1 Å².